The number of rotatable bonds is 9. The van der Waals surface area contributed by atoms with Crippen molar-refractivity contribution in [3.63, 3.8) is 0 Å². The van der Waals surface area contributed by atoms with E-state index < -0.39 is 0 Å². The Morgan fingerprint density at radius 3 is 2.45 bits per heavy atom. The third-order valence-corrected chi connectivity index (χ3v) is 5.83. The van der Waals surface area contributed by atoms with E-state index in [9.17, 15) is 4.79 Å². The second-order valence-corrected chi connectivity index (χ2v) is 7.67. The minimum atomic E-state index is -0.107. The first kappa shape index (κ1) is 22.7. The van der Waals surface area contributed by atoms with Crippen LogP contribution in [0.25, 0.3) is 0 Å². The average Bonchev–Trinajstić information content (AvgIpc) is 2.82. The molecule has 168 valence electrons. The van der Waals surface area contributed by atoms with Crippen molar-refractivity contribution >= 4 is 11.6 Å². The maximum Gasteiger partial charge on any atom is 0.278 e. The van der Waals surface area contributed by atoms with E-state index in [2.05, 4.69) is 16.3 Å². The van der Waals surface area contributed by atoms with Crippen molar-refractivity contribution in [2.24, 2.45) is 0 Å². The van der Waals surface area contributed by atoms with Crippen molar-refractivity contribution in [2.45, 2.75) is 26.4 Å². The zero-order valence-corrected chi connectivity index (χ0v) is 18.9. The molecule has 0 aliphatic carbocycles. The van der Waals surface area contributed by atoms with Gasteiger partial charge in [0.25, 0.3) is 5.91 Å². The van der Waals surface area contributed by atoms with Gasteiger partial charge in [-0.05, 0) is 43.7 Å². The van der Waals surface area contributed by atoms with Crippen molar-refractivity contribution in [3.8, 4) is 17.2 Å². The van der Waals surface area contributed by atoms with Crippen LogP contribution in [0.4, 0.5) is 5.69 Å². The molecule has 1 saturated heterocycles. The van der Waals surface area contributed by atoms with E-state index in [1.54, 1.807) is 14.2 Å². The van der Waals surface area contributed by atoms with Crippen LogP contribution in [0.15, 0.2) is 42.5 Å². The molecule has 1 aliphatic heterocycles. The number of nitrogens with one attached hydrogen (secondary N) is 2. The Bertz CT molecular complexity index is 866. The fourth-order valence-electron chi connectivity index (χ4n) is 3.98. The Hall–Kier alpha value is -2.93. The molecule has 3 rings (SSSR count). The van der Waals surface area contributed by atoms with Gasteiger partial charge in [-0.2, -0.15) is 0 Å². The van der Waals surface area contributed by atoms with Gasteiger partial charge in [0, 0.05) is 6.54 Å². The molecule has 0 radical (unpaired) electrons. The highest BCUT2D eigenvalue weighted by Crippen LogP contribution is 2.28. The van der Waals surface area contributed by atoms with Gasteiger partial charge in [-0.3, -0.25) is 4.79 Å². The molecule has 0 aromatic heterocycles. The van der Waals surface area contributed by atoms with Gasteiger partial charge in [0.1, 0.15) is 5.75 Å². The summed E-state index contributed by atoms with van der Waals surface area (Å²) < 4.78 is 16.4. The van der Waals surface area contributed by atoms with Gasteiger partial charge < -0.3 is 29.3 Å². The molecule has 0 spiro atoms. The zero-order chi connectivity index (χ0) is 22.2. The fraction of sp³-hybridized carbons (Fsp3) is 0.458. The predicted molar refractivity (Wildman–Crippen MR) is 121 cm³/mol. The molecule has 2 N–H and O–H groups in total. The number of piperazine rings is 1. The van der Waals surface area contributed by atoms with Gasteiger partial charge in [0.15, 0.2) is 17.5 Å². The van der Waals surface area contributed by atoms with Crippen LogP contribution < -0.4 is 29.3 Å². The molecule has 1 amide bonds. The first-order chi connectivity index (χ1) is 15.1. The molecule has 1 heterocycles. The number of nitrogens with zero attached hydrogens (tertiary/aromatic N) is 1. The van der Waals surface area contributed by atoms with Crippen molar-refractivity contribution in [1.82, 2.24) is 5.32 Å². The van der Waals surface area contributed by atoms with Gasteiger partial charge in [-0.1, -0.05) is 18.2 Å². The Kier molecular flexibility index (Phi) is 8.00. The monoisotopic (exact) mass is 428 g/mol. The minimum Gasteiger partial charge on any atom is -0.493 e. The van der Waals surface area contributed by atoms with E-state index in [1.807, 2.05) is 50.2 Å². The van der Waals surface area contributed by atoms with Crippen LogP contribution in [-0.2, 0) is 11.3 Å². The van der Waals surface area contributed by atoms with Crippen LogP contribution in [0.3, 0.4) is 0 Å². The summed E-state index contributed by atoms with van der Waals surface area (Å²) >= 11 is 0. The van der Waals surface area contributed by atoms with Crippen LogP contribution in [-0.4, -0.2) is 59.0 Å². The van der Waals surface area contributed by atoms with Gasteiger partial charge in [-0.15, -0.1) is 0 Å². The molecular weight excluding hydrogens is 394 g/mol. The van der Waals surface area contributed by atoms with Gasteiger partial charge in [0.2, 0.25) is 0 Å². The van der Waals surface area contributed by atoms with Gasteiger partial charge in [-0.25, -0.2) is 0 Å². The molecule has 0 bridgehead atoms. The third-order valence-electron chi connectivity index (χ3n) is 5.83. The lowest BCUT2D eigenvalue weighted by atomic mass is 10.1. The lowest BCUT2D eigenvalue weighted by Crippen LogP contribution is -3.19. The smallest absolute Gasteiger partial charge is 0.278 e. The van der Waals surface area contributed by atoms with E-state index in [-0.39, 0.29) is 11.9 Å². The van der Waals surface area contributed by atoms with Crippen LogP contribution in [0.2, 0.25) is 0 Å². The number of ether oxygens (including phenoxy) is 3. The van der Waals surface area contributed by atoms with E-state index in [4.69, 9.17) is 14.2 Å². The van der Waals surface area contributed by atoms with Crippen molar-refractivity contribution in [3.05, 3.63) is 48.0 Å². The van der Waals surface area contributed by atoms with E-state index in [1.165, 1.54) is 4.90 Å². The topological polar surface area (TPSA) is 64.5 Å². The van der Waals surface area contributed by atoms with Gasteiger partial charge in [0.05, 0.1) is 52.7 Å². The summed E-state index contributed by atoms with van der Waals surface area (Å²) in [6, 6.07) is 13.7. The highest BCUT2D eigenvalue weighted by Gasteiger charge is 2.29. The lowest BCUT2D eigenvalue weighted by Gasteiger charge is -2.36. The number of hydrogen-bond donors (Lipinski definition) is 2. The average molecular weight is 429 g/mol. The number of carbonyl (C=O) groups excluding carboxylic acids is 1. The molecule has 0 saturated carbocycles. The fourth-order valence-corrected chi connectivity index (χ4v) is 3.98. The van der Waals surface area contributed by atoms with E-state index >= 15 is 0 Å². The molecule has 1 atom stereocenters. The highest BCUT2D eigenvalue weighted by atomic mass is 16.5. The molecule has 2 aromatic carbocycles. The summed E-state index contributed by atoms with van der Waals surface area (Å²) in [6.45, 7) is 8.73. The second-order valence-electron chi connectivity index (χ2n) is 7.67. The van der Waals surface area contributed by atoms with Gasteiger partial charge >= 0.3 is 0 Å². The number of quaternary nitrogens is 1. The number of methoxy groups -OCH3 is 2. The largest absolute Gasteiger partial charge is 0.493 e. The number of anilines is 1. The summed E-state index contributed by atoms with van der Waals surface area (Å²) in [6.07, 6.45) is 0. The summed E-state index contributed by atoms with van der Waals surface area (Å²) in [5, 5.41) is 3.06. The van der Waals surface area contributed by atoms with Crippen LogP contribution in [0, 0.1) is 0 Å². The Balaban J connectivity index is 1.52. The Morgan fingerprint density at radius 2 is 1.77 bits per heavy atom. The highest BCUT2D eigenvalue weighted by molar-refractivity contribution is 5.80. The number of carbonyl (C=O) groups is 1. The SMILES string of the molecule is CCOc1ccccc1N1CC[NH+]([C@H](C)C(=O)NCc2ccc(OC)c(OC)c2)CC1. The molecule has 7 heteroatoms. The summed E-state index contributed by atoms with van der Waals surface area (Å²) in [4.78, 5) is 16.4. The quantitative estimate of drug-likeness (QED) is 0.634. The Labute approximate surface area is 184 Å². The molecule has 2 aromatic rings. The van der Waals surface area contributed by atoms with Crippen molar-refractivity contribution in [1.29, 1.82) is 0 Å². The molecular formula is C24H34N3O4+. The first-order valence-electron chi connectivity index (χ1n) is 10.9. The standard InChI is InChI=1S/C24H33N3O4/c1-5-31-21-9-7-6-8-20(21)27-14-12-26(13-15-27)18(2)24(28)25-17-19-10-11-22(29-3)23(16-19)30-4/h6-11,16,18H,5,12-15,17H2,1-4H3,(H,25,28)/p+1/t18-/m1/s1. The molecule has 1 aliphatic rings. The predicted octanol–water partition coefficient (Wildman–Crippen LogP) is 1.51. The molecule has 31 heavy (non-hydrogen) atoms. The van der Waals surface area contributed by atoms with Crippen molar-refractivity contribution < 1.29 is 23.9 Å². The minimum absolute atomic E-state index is 0.0629. The van der Waals surface area contributed by atoms with Crippen molar-refractivity contribution in [2.75, 3.05) is 51.9 Å². The summed E-state index contributed by atoms with van der Waals surface area (Å²) in [5.41, 5.74) is 2.11. The molecule has 1 fully saturated rings. The summed E-state index contributed by atoms with van der Waals surface area (Å²) in [5.74, 6) is 2.33. The number of benzene rings is 2. The third kappa shape index (κ3) is 5.61. The second kappa shape index (κ2) is 10.9. The molecule has 7 nitrogen and oxygen atoms in total. The number of hydrogen-bond acceptors (Lipinski definition) is 5. The number of para-hydroxylation sites is 2. The van der Waals surface area contributed by atoms with Crippen LogP contribution in [0.5, 0.6) is 17.2 Å². The first-order valence-corrected chi connectivity index (χ1v) is 10.9. The summed E-state index contributed by atoms with van der Waals surface area (Å²) in [7, 11) is 3.22. The Morgan fingerprint density at radius 1 is 1.06 bits per heavy atom. The maximum absolute atomic E-state index is 12.8. The zero-order valence-electron chi connectivity index (χ0n) is 18.9. The van der Waals surface area contributed by atoms with Crippen LogP contribution in [0.1, 0.15) is 19.4 Å². The molecule has 0 unspecified atom stereocenters. The normalized spacial score (nSPS) is 15.3. The number of amides is 1. The van der Waals surface area contributed by atoms with E-state index in [0.29, 0.717) is 24.7 Å². The van der Waals surface area contributed by atoms with E-state index in [0.717, 1.165) is 43.2 Å². The lowest BCUT2D eigenvalue weighted by molar-refractivity contribution is -0.914. The van der Waals surface area contributed by atoms with Crippen LogP contribution >= 0.6 is 0 Å². The maximum atomic E-state index is 12.8.